The molecule has 0 aliphatic carbocycles. The minimum Gasteiger partial charge on any atom is -0.497 e. The molecular weight excluding hydrogens is 256 g/mol. The fourth-order valence-electron chi connectivity index (χ4n) is 1.89. The summed E-state index contributed by atoms with van der Waals surface area (Å²) in [5.74, 6) is 0.424. The van der Waals surface area contributed by atoms with Crippen molar-refractivity contribution in [3.05, 3.63) is 54.5 Å². The molecule has 0 saturated heterocycles. The maximum Gasteiger partial charge on any atom is 0.261 e. The Kier molecular flexibility index (Phi) is 3.04. The molecule has 0 bridgehead atoms. The van der Waals surface area contributed by atoms with Gasteiger partial charge >= 0.3 is 0 Å². The normalized spacial score (nSPS) is 10.4. The topological polar surface area (TPSA) is 68.5 Å². The lowest BCUT2D eigenvalue weighted by molar-refractivity contribution is 0.102. The van der Waals surface area contributed by atoms with E-state index in [2.05, 4.69) is 15.4 Å². The highest BCUT2D eigenvalue weighted by molar-refractivity contribution is 6.08. The molecule has 3 rings (SSSR count). The number of amides is 1. The van der Waals surface area contributed by atoms with Gasteiger partial charge in [0.1, 0.15) is 11.3 Å². The van der Waals surface area contributed by atoms with Crippen LogP contribution in [0.5, 0.6) is 5.75 Å². The molecule has 0 aliphatic heterocycles. The molecule has 1 N–H and O–H groups in total. The zero-order chi connectivity index (χ0) is 13.9. The van der Waals surface area contributed by atoms with Gasteiger partial charge in [0.25, 0.3) is 5.91 Å². The molecule has 3 aromatic rings. The number of benzene rings is 1. The number of ether oxygens (including phenoxy) is 1. The lowest BCUT2D eigenvalue weighted by Gasteiger charge is -2.05. The maximum atomic E-state index is 12.2. The Hall–Kier alpha value is -2.89. The Morgan fingerprint density at radius 3 is 3.10 bits per heavy atom. The van der Waals surface area contributed by atoms with E-state index in [-0.39, 0.29) is 5.91 Å². The first-order valence-corrected chi connectivity index (χ1v) is 6.02. The van der Waals surface area contributed by atoms with Crippen molar-refractivity contribution in [1.82, 2.24) is 14.6 Å². The summed E-state index contributed by atoms with van der Waals surface area (Å²) in [6.45, 7) is 0. The molecule has 100 valence electrons. The van der Waals surface area contributed by atoms with Crippen molar-refractivity contribution in [3.8, 4) is 5.75 Å². The number of carbonyl (C=O) groups is 1. The van der Waals surface area contributed by atoms with E-state index in [0.717, 1.165) is 0 Å². The highest BCUT2D eigenvalue weighted by atomic mass is 16.5. The molecule has 0 saturated carbocycles. The van der Waals surface area contributed by atoms with Crippen LogP contribution in [0.25, 0.3) is 5.65 Å². The number of anilines is 1. The van der Waals surface area contributed by atoms with Gasteiger partial charge in [-0.2, -0.15) is 5.10 Å². The zero-order valence-corrected chi connectivity index (χ0v) is 10.8. The molecule has 20 heavy (non-hydrogen) atoms. The second kappa shape index (κ2) is 5.00. The Labute approximate surface area is 115 Å². The Balaban J connectivity index is 1.89. The first-order chi connectivity index (χ1) is 9.78. The SMILES string of the molecule is COc1cccc(NC(=O)c2cnn3cccnc23)c1. The Morgan fingerprint density at radius 2 is 2.25 bits per heavy atom. The van der Waals surface area contributed by atoms with Gasteiger partial charge < -0.3 is 10.1 Å². The van der Waals surface area contributed by atoms with Gasteiger partial charge in [-0.25, -0.2) is 9.50 Å². The smallest absolute Gasteiger partial charge is 0.261 e. The van der Waals surface area contributed by atoms with E-state index in [0.29, 0.717) is 22.6 Å². The van der Waals surface area contributed by atoms with Crippen LogP contribution < -0.4 is 10.1 Å². The van der Waals surface area contributed by atoms with Crippen LogP contribution in [-0.2, 0) is 0 Å². The molecular formula is C14H12N4O2. The molecule has 1 aromatic carbocycles. The summed E-state index contributed by atoms with van der Waals surface area (Å²) in [6.07, 6.45) is 4.86. The van der Waals surface area contributed by atoms with Gasteiger partial charge in [-0.05, 0) is 18.2 Å². The number of hydrogen-bond donors (Lipinski definition) is 1. The van der Waals surface area contributed by atoms with Gasteiger partial charge in [-0.1, -0.05) is 6.07 Å². The molecule has 2 aromatic heterocycles. The van der Waals surface area contributed by atoms with E-state index >= 15 is 0 Å². The van der Waals surface area contributed by atoms with Crippen LogP contribution in [0.3, 0.4) is 0 Å². The average Bonchev–Trinajstić information content (AvgIpc) is 2.91. The number of nitrogens with one attached hydrogen (secondary N) is 1. The van der Waals surface area contributed by atoms with Gasteiger partial charge in [-0.15, -0.1) is 0 Å². The predicted molar refractivity (Wildman–Crippen MR) is 73.9 cm³/mol. The van der Waals surface area contributed by atoms with Crippen LogP contribution in [0, 0.1) is 0 Å². The van der Waals surface area contributed by atoms with Crippen molar-refractivity contribution < 1.29 is 9.53 Å². The monoisotopic (exact) mass is 268 g/mol. The summed E-state index contributed by atoms with van der Waals surface area (Å²) in [6, 6.07) is 8.91. The molecule has 0 atom stereocenters. The summed E-state index contributed by atoms with van der Waals surface area (Å²) in [4.78, 5) is 16.4. The molecule has 2 heterocycles. The first kappa shape index (κ1) is 12.2. The summed E-state index contributed by atoms with van der Waals surface area (Å²) < 4.78 is 6.67. The van der Waals surface area contributed by atoms with Crippen molar-refractivity contribution in [1.29, 1.82) is 0 Å². The average molecular weight is 268 g/mol. The lowest BCUT2D eigenvalue weighted by atomic mass is 10.2. The number of methoxy groups -OCH3 is 1. The van der Waals surface area contributed by atoms with Crippen molar-refractivity contribution in [2.75, 3.05) is 12.4 Å². The third-order valence-corrected chi connectivity index (χ3v) is 2.85. The molecule has 0 unspecified atom stereocenters. The van der Waals surface area contributed by atoms with E-state index < -0.39 is 0 Å². The van der Waals surface area contributed by atoms with Gasteiger partial charge in [0.2, 0.25) is 0 Å². The Bertz CT molecular complexity index is 766. The minimum atomic E-state index is -0.257. The van der Waals surface area contributed by atoms with Crippen LogP contribution in [0.4, 0.5) is 5.69 Å². The molecule has 6 nitrogen and oxygen atoms in total. The van der Waals surface area contributed by atoms with Crippen molar-refractivity contribution in [2.45, 2.75) is 0 Å². The summed E-state index contributed by atoms with van der Waals surface area (Å²) in [5.41, 5.74) is 1.60. The zero-order valence-electron chi connectivity index (χ0n) is 10.8. The third-order valence-electron chi connectivity index (χ3n) is 2.85. The molecule has 0 aliphatic rings. The largest absolute Gasteiger partial charge is 0.497 e. The molecule has 0 spiro atoms. The highest BCUT2D eigenvalue weighted by Gasteiger charge is 2.13. The van der Waals surface area contributed by atoms with Gasteiger partial charge in [0, 0.05) is 24.1 Å². The lowest BCUT2D eigenvalue weighted by Crippen LogP contribution is -2.12. The van der Waals surface area contributed by atoms with Gasteiger partial charge in [0.05, 0.1) is 13.3 Å². The number of fused-ring (bicyclic) bond motifs is 1. The first-order valence-electron chi connectivity index (χ1n) is 6.02. The van der Waals surface area contributed by atoms with Crippen molar-refractivity contribution >= 4 is 17.2 Å². The number of hydrogen-bond acceptors (Lipinski definition) is 4. The molecule has 0 fully saturated rings. The van der Waals surface area contributed by atoms with Crippen LogP contribution in [0.2, 0.25) is 0 Å². The quantitative estimate of drug-likeness (QED) is 0.788. The second-order valence-electron chi connectivity index (χ2n) is 4.13. The van der Waals surface area contributed by atoms with Crippen LogP contribution in [0.1, 0.15) is 10.4 Å². The van der Waals surface area contributed by atoms with E-state index in [9.17, 15) is 4.79 Å². The second-order valence-corrected chi connectivity index (χ2v) is 4.13. The maximum absolute atomic E-state index is 12.2. The van der Waals surface area contributed by atoms with E-state index in [1.54, 1.807) is 42.2 Å². The summed E-state index contributed by atoms with van der Waals surface area (Å²) >= 11 is 0. The predicted octanol–water partition coefficient (Wildman–Crippen LogP) is 1.99. The van der Waals surface area contributed by atoms with E-state index in [1.165, 1.54) is 6.20 Å². The van der Waals surface area contributed by atoms with Gasteiger partial charge in [-0.3, -0.25) is 4.79 Å². The van der Waals surface area contributed by atoms with Gasteiger partial charge in [0.15, 0.2) is 5.65 Å². The van der Waals surface area contributed by atoms with Crippen molar-refractivity contribution in [3.63, 3.8) is 0 Å². The number of carbonyl (C=O) groups excluding carboxylic acids is 1. The van der Waals surface area contributed by atoms with E-state index in [1.807, 2.05) is 12.1 Å². The number of nitrogens with zero attached hydrogens (tertiary/aromatic N) is 3. The summed E-state index contributed by atoms with van der Waals surface area (Å²) in [5, 5.41) is 6.88. The minimum absolute atomic E-state index is 0.257. The third kappa shape index (κ3) is 2.18. The molecule has 6 heteroatoms. The van der Waals surface area contributed by atoms with E-state index in [4.69, 9.17) is 4.74 Å². The molecule has 0 radical (unpaired) electrons. The molecule has 1 amide bonds. The van der Waals surface area contributed by atoms with Crippen molar-refractivity contribution in [2.24, 2.45) is 0 Å². The highest BCUT2D eigenvalue weighted by Crippen LogP contribution is 2.18. The van der Waals surface area contributed by atoms with Crippen LogP contribution >= 0.6 is 0 Å². The number of aromatic nitrogens is 3. The van der Waals surface area contributed by atoms with Crippen LogP contribution in [0.15, 0.2) is 48.9 Å². The fourth-order valence-corrected chi connectivity index (χ4v) is 1.89. The summed E-state index contributed by atoms with van der Waals surface area (Å²) in [7, 11) is 1.58. The fraction of sp³-hybridized carbons (Fsp3) is 0.0714. The number of rotatable bonds is 3. The Morgan fingerprint density at radius 1 is 1.35 bits per heavy atom. The van der Waals surface area contributed by atoms with Crippen LogP contribution in [-0.4, -0.2) is 27.6 Å². The standard InChI is InChI=1S/C14H12N4O2/c1-20-11-5-2-4-10(8-11)17-14(19)12-9-16-18-7-3-6-15-13(12)18/h2-9H,1H3,(H,17,19).